The highest BCUT2D eigenvalue weighted by Crippen LogP contribution is 2.25. The first-order valence-corrected chi connectivity index (χ1v) is 9.97. The number of anilines is 1. The fraction of sp³-hybridized carbons (Fsp3) is 0.429. The largest absolute Gasteiger partial charge is 0.351 e. The second-order valence-corrected chi connectivity index (χ2v) is 7.09. The highest BCUT2D eigenvalue weighted by molar-refractivity contribution is 5.81. The predicted molar refractivity (Wildman–Crippen MR) is 114 cm³/mol. The molecule has 7 nitrogen and oxygen atoms in total. The Bertz CT molecular complexity index is 986. The van der Waals surface area contributed by atoms with E-state index in [4.69, 9.17) is 9.97 Å². The van der Waals surface area contributed by atoms with E-state index in [0.29, 0.717) is 17.6 Å². The maximum atomic E-state index is 14.5. The number of nitrogens with one attached hydrogen (secondary N) is 2. The highest BCUT2D eigenvalue weighted by atomic mass is 19.1. The average molecular weight is 398 g/mol. The number of hydrogen-bond acceptors (Lipinski definition) is 7. The number of fused-ring (bicyclic) bond motifs is 1. The summed E-state index contributed by atoms with van der Waals surface area (Å²) in [6, 6.07) is 5.90. The van der Waals surface area contributed by atoms with E-state index in [9.17, 15) is 4.39 Å². The van der Waals surface area contributed by atoms with Gasteiger partial charge in [-0.05, 0) is 50.9 Å². The molecule has 1 aliphatic rings. The lowest BCUT2D eigenvalue weighted by atomic mass is 10.1. The van der Waals surface area contributed by atoms with E-state index >= 15 is 0 Å². The van der Waals surface area contributed by atoms with Gasteiger partial charge in [-0.25, -0.2) is 24.3 Å². The Morgan fingerprint density at radius 2 is 1.72 bits per heavy atom. The Balaban J connectivity index is 0.00000240. The normalized spacial score (nSPS) is 14.6. The first-order valence-electron chi connectivity index (χ1n) is 9.97. The van der Waals surface area contributed by atoms with E-state index in [2.05, 4.69) is 34.4 Å². The van der Waals surface area contributed by atoms with Crippen LogP contribution in [0.3, 0.4) is 0 Å². The molecule has 0 aliphatic carbocycles. The van der Waals surface area contributed by atoms with E-state index < -0.39 is 5.82 Å². The Morgan fingerprint density at radius 3 is 2.41 bits per heavy atom. The van der Waals surface area contributed by atoms with Gasteiger partial charge in [0.2, 0.25) is 5.95 Å². The minimum Gasteiger partial charge on any atom is -0.351 e. The lowest BCUT2D eigenvalue weighted by molar-refractivity contribution is 0.477. The molecule has 154 valence electrons. The Labute approximate surface area is 170 Å². The minimum absolute atomic E-state index is 0. The molecule has 1 aliphatic heterocycles. The molecule has 3 heterocycles. The molecule has 0 atom stereocenters. The number of halogens is 1. The van der Waals surface area contributed by atoms with Crippen molar-refractivity contribution in [3.63, 3.8) is 0 Å². The summed E-state index contributed by atoms with van der Waals surface area (Å²) in [7, 11) is 0. The van der Waals surface area contributed by atoms with Crippen molar-refractivity contribution in [3.8, 4) is 11.3 Å². The van der Waals surface area contributed by atoms with Crippen LogP contribution >= 0.6 is 0 Å². The van der Waals surface area contributed by atoms with Gasteiger partial charge in [0.05, 0.1) is 28.6 Å². The standard InChI is InChI=1S/C21H25FN6.H3N/c1-3-16-17(4-2)27-19-11-13(5-6-18(19)26-16)20-15(22)12-24-21(28-20)25-14-7-9-23-10-8-14;/h5-6,11-12,14,23H,3-4,7-10H2,1-2H3,(H,24,25,28);1H3. The van der Waals surface area contributed by atoms with Gasteiger partial charge in [0.1, 0.15) is 5.69 Å². The summed E-state index contributed by atoms with van der Waals surface area (Å²) in [5.74, 6) is 0.0223. The predicted octanol–water partition coefficient (Wildman–Crippen LogP) is 3.68. The molecule has 4 rings (SSSR count). The van der Waals surface area contributed by atoms with Crippen LogP contribution < -0.4 is 16.8 Å². The zero-order chi connectivity index (χ0) is 19.5. The van der Waals surface area contributed by atoms with E-state index in [1.54, 1.807) is 0 Å². The number of rotatable bonds is 5. The highest BCUT2D eigenvalue weighted by Gasteiger charge is 2.16. The van der Waals surface area contributed by atoms with Crippen molar-refractivity contribution >= 4 is 17.0 Å². The van der Waals surface area contributed by atoms with Gasteiger partial charge in [0.15, 0.2) is 5.82 Å². The minimum atomic E-state index is -0.441. The molecule has 0 radical (unpaired) electrons. The third kappa shape index (κ3) is 4.49. The van der Waals surface area contributed by atoms with Crippen molar-refractivity contribution in [3.05, 3.63) is 41.6 Å². The molecule has 0 bridgehead atoms. The Morgan fingerprint density at radius 1 is 1.03 bits per heavy atom. The smallest absolute Gasteiger partial charge is 0.223 e. The van der Waals surface area contributed by atoms with Gasteiger partial charge in [-0.15, -0.1) is 0 Å². The molecule has 0 amide bonds. The van der Waals surface area contributed by atoms with Crippen LogP contribution in [0.2, 0.25) is 0 Å². The van der Waals surface area contributed by atoms with E-state index in [1.165, 1.54) is 6.20 Å². The van der Waals surface area contributed by atoms with Crippen LogP contribution in [-0.4, -0.2) is 39.1 Å². The molecule has 1 aromatic carbocycles. The van der Waals surface area contributed by atoms with Gasteiger partial charge >= 0.3 is 0 Å². The van der Waals surface area contributed by atoms with E-state index in [-0.39, 0.29) is 11.8 Å². The molecule has 1 saturated heterocycles. The van der Waals surface area contributed by atoms with E-state index in [0.717, 1.165) is 61.2 Å². The zero-order valence-electron chi connectivity index (χ0n) is 17.0. The van der Waals surface area contributed by atoms with Crippen LogP contribution in [0.15, 0.2) is 24.4 Å². The quantitative estimate of drug-likeness (QED) is 0.602. The molecule has 0 unspecified atom stereocenters. The SMILES string of the molecule is CCc1nc2ccc(-c3nc(NC4CCNCC4)ncc3F)cc2nc1CC.N. The lowest BCUT2D eigenvalue weighted by Crippen LogP contribution is -2.35. The fourth-order valence-electron chi connectivity index (χ4n) is 3.63. The van der Waals surface area contributed by atoms with Gasteiger partial charge in [0, 0.05) is 11.6 Å². The Hall–Kier alpha value is -2.71. The lowest BCUT2D eigenvalue weighted by Gasteiger charge is -2.23. The molecular weight excluding hydrogens is 369 g/mol. The maximum Gasteiger partial charge on any atom is 0.223 e. The van der Waals surface area contributed by atoms with Crippen molar-refractivity contribution in [2.45, 2.75) is 45.6 Å². The summed E-state index contributed by atoms with van der Waals surface area (Å²) in [5.41, 5.74) is 4.56. The second kappa shape index (κ2) is 9.19. The summed E-state index contributed by atoms with van der Waals surface area (Å²) in [6.45, 7) is 6.08. The van der Waals surface area contributed by atoms with Crippen molar-refractivity contribution < 1.29 is 4.39 Å². The molecule has 3 aromatic rings. The Kier molecular flexibility index (Phi) is 6.66. The summed E-state index contributed by atoms with van der Waals surface area (Å²) in [4.78, 5) is 18.0. The van der Waals surface area contributed by atoms with Gasteiger partial charge in [-0.3, -0.25) is 0 Å². The van der Waals surface area contributed by atoms with Gasteiger partial charge in [0.25, 0.3) is 0 Å². The van der Waals surface area contributed by atoms with Crippen molar-refractivity contribution in [1.29, 1.82) is 0 Å². The number of aryl methyl sites for hydroxylation is 2. The van der Waals surface area contributed by atoms with Crippen molar-refractivity contribution in [1.82, 2.24) is 31.4 Å². The summed E-state index contributed by atoms with van der Waals surface area (Å²) < 4.78 is 14.5. The monoisotopic (exact) mass is 397 g/mol. The number of benzene rings is 1. The van der Waals surface area contributed by atoms with Crippen LogP contribution in [0, 0.1) is 5.82 Å². The third-order valence-corrected chi connectivity index (χ3v) is 5.18. The van der Waals surface area contributed by atoms with Crippen LogP contribution in [0.5, 0.6) is 0 Å². The third-order valence-electron chi connectivity index (χ3n) is 5.18. The molecule has 0 saturated carbocycles. The first kappa shape index (κ1) is 21.0. The van der Waals surface area contributed by atoms with Crippen molar-refractivity contribution in [2.75, 3.05) is 18.4 Å². The first-order chi connectivity index (χ1) is 13.7. The molecule has 5 N–H and O–H groups in total. The number of piperidine rings is 1. The molecule has 1 fully saturated rings. The molecular formula is C21H28FN7. The number of hydrogen-bond donors (Lipinski definition) is 3. The van der Waals surface area contributed by atoms with Gasteiger partial charge in [-0.1, -0.05) is 19.9 Å². The van der Waals surface area contributed by atoms with Gasteiger partial charge in [-0.2, -0.15) is 0 Å². The van der Waals surface area contributed by atoms with E-state index in [1.807, 2.05) is 18.2 Å². The van der Waals surface area contributed by atoms with Crippen LogP contribution in [-0.2, 0) is 12.8 Å². The molecule has 29 heavy (non-hydrogen) atoms. The van der Waals surface area contributed by atoms with Gasteiger partial charge < -0.3 is 16.8 Å². The number of nitrogens with zero attached hydrogens (tertiary/aromatic N) is 4. The zero-order valence-corrected chi connectivity index (χ0v) is 17.0. The summed E-state index contributed by atoms with van der Waals surface area (Å²) in [5, 5.41) is 6.66. The van der Waals surface area contributed by atoms with Crippen LogP contribution in [0.1, 0.15) is 38.1 Å². The summed E-state index contributed by atoms with van der Waals surface area (Å²) in [6.07, 6.45) is 4.91. The number of aromatic nitrogens is 4. The van der Waals surface area contributed by atoms with Crippen LogP contribution in [0.4, 0.5) is 10.3 Å². The topological polar surface area (TPSA) is 111 Å². The molecule has 2 aromatic heterocycles. The second-order valence-electron chi connectivity index (χ2n) is 7.09. The summed E-state index contributed by atoms with van der Waals surface area (Å²) >= 11 is 0. The fourth-order valence-corrected chi connectivity index (χ4v) is 3.63. The molecule has 8 heteroatoms. The van der Waals surface area contributed by atoms with Crippen LogP contribution in [0.25, 0.3) is 22.3 Å². The maximum absolute atomic E-state index is 14.5. The van der Waals surface area contributed by atoms with Crippen molar-refractivity contribution in [2.24, 2.45) is 0 Å². The average Bonchev–Trinajstić information content (AvgIpc) is 2.74. The molecule has 0 spiro atoms.